The van der Waals surface area contributed by atoms with Gasteiger partial charge in [-0.3, -0.25) is 19.2 Å². The summed E-state index contributed by atoms with van der Waals surface area (Å²) >= 11 is 0. The fraction of sp³-hybridized carbons (Fsp3) is 0.824. The van der Waals surface area contributed by atoms with Crippen LogP contribution in [0, 0.1) is 22.7 Å². The minimum Gasteiger partial charge on any atom is -0.462 e. The van der Waals surface area contributed by atoms with Gasteiger partial charge in [0.1, 0.15) is 23.9 Å². The van der Waals surface area contributed by atoms with Crippen LogP contribution in [0.25, 0.3) is 0 Å². The van der Waals surface area contributed by atoms with Crippen LogP contribution in [0.15, 0.2) is 11.1 Å². The molecule has 1 spiro atoms. The van der Waals surface area contributed by atoms with Crippen molar-refractivity contribution in [2.75, 3.05) is 6.61 Å². The molecule has 0 aromatic heterocycles. The number of carbonyl (C=O) groups excluding carboxylic acids is 4. The number of hydrogen-bond acceptors (Lipinski definition) is 10. The molecule has 3 aliphatic carbocycles. The molecule has 4 rings (SSSR count). The predicted molar refractivity (Wildman–Crippen MR) is 168 cm³/mol. The zero-order chi connectivity index (χ0) is 33.7. The van der Waals surface area contributed by atoms with E-state index in [0.29, 0.717) is 25.9 Å². The molecule has 254 valence electrons. The Morgan fingerprint density at radius 1 is 0.844 bits per heavy atom. The van der Waals surface area contributed by atoms with Crippen LogP contribution in [0.3, 0.4) is 0 Å². The van der Waals surface area contributed by atoms with Crippen LogP contribution in [0.2, 0.25) is 18.1 Å². The molecule has 11 heteroatoms. The molecule has 3 fully saturated rings. The molecule has 2 saturated carbocycles. The lowest BCUT2D eigenvalue weighted by Gasteiger charge is -2.61. The van der Waals surface area contributed by atoms with Gasteiger partial charge in [0.15, 0.2) is 14.4 Å². The average molecular weight is 651 g/mol. The predicted octanol–water partition coefficient (Wildman–Crippen LogP) is 5.67. The molecule has 9 atom stereocenters. The molecule has 2 bridgehead atoms. The highest BCUT2D eigenvalue weighted by Gasteiger charge is 2.74. The topological polar surface area (TPSA) is 127 Å². The Kier molecular flexibility index (Phi) is 10.1. The number of fused-ring (bicyclic) bond motifs is 4. The number of epoxide rings is 1. The Bertz CT molecular complexity index is 1210. The smallest absolute Gasteiger partial charge is 0.303 e. The second-order valence-electron chi connectivity index (χ2n) is 14.5. The Morgan fingerprint density at radius 3 is 1.84 bits per heavy atom. The highest BCUT2D eigenvalue weighted by atomic mass is 28.4. The molecule has 0 unspecified atom stereocenters. The van der Waals surface area contributed by atoms with E-state index in [1.54, 1.807) is 0 Å². The van der Waals surface area contributed by atoms with Crippen molar-refractivity contribution in [2.45, 2.75) is 150 Å². The maximum absolute atomic E-state index is 13.0. The Hall–Kier alpha value is -2.24. The Labute approximate surface area is 269 Å². The summed E-state index contributed by atoms with van der Waals surface area (Å²) in [4.78, 5) is 51.1. The third kappa shape index (κ3) is 6.25. The fourth-order valence-electron chi connectivity index (χ4n) is 9.28. The van der Waals surface area contributed by atoms with Gasteiger partial charge in [-0.1, -0.05) is 41.5 Å². The second-order valence-corrected chi connectivity index (χ2v) is 19.2. The minimum absolute atomic E-state index is 0.238. The highest BCUT2D eigenvalue weighted by Crippen LogP contribution is 2.65. The molecule has 0 amide bonds. The lowest BCUT2D eigenvalue weighted by Crippen LogP contribution is -2.69. The van der Waals surface area contributed by atoms with Crippen molar-refractivity contribution in [3.63, 3.8) is 0 Å². The quantitative estimate of drug-likeness (QED) is 0.101. The summed E-state index contributed by atoms with van der Waals surface area (Å²) in [6, 6.07) is 2.92. The first kappa shape index (κ1) is 35.6. The molecular formula is C34H54O10Si. The lowest BCUT2D eigenvalue weighted by atomic mass is 9.48. The van der Waals surface area contributed by atoms with Gasteiger partial charge < -0.3 is 28.1 Å². The summed E-state index contributed by atoms with van der Waals surface area (Å²) in [6.45, 7) is 20.5. The van der Waals surface area contributed by atoms with Crippen LogP contribution < -0.4 is 0 Å². The van der Waals surface area contributed by atoms with Gasteiger partial charge in [0.25, 0.3) is 0 Å². The van der Waals surface area contributed by atoms with Gasteiger partial charge in [-0.15, -0.1) is 0 Å². The normalized spacial score (nSPS) is 37.1. The maximum Gasteiger partial charge on any atom is 0.303 e. The molecule has 1 heterocycles. The lowest BCUT2D eigenvalue weighted by molar-refractivity contribution is -0.225. The van der Waals surface area contributed by atoms with Crippen molar-refractivity contribution in [3.8, 4) is 0 Å². The first-order valence-corrected chi connectivity index (χ1v) is 19.2. The van der Waals surface area contributed by atoms with Crippen molar-refractivity contribution in [1.29, 1.82) is 0 Å². The van der Waals surface area contributed by atoms with Crippen LogP contribution in [-0.2, 0) is 47.3 Å². The largest absolute Gasteiger partial charge is 0.462 e. The maximum atomic E-state index is 13.0. The Morgan fingerprint density at radius 2 is 1.38 bits per heavy atom. The summed E-state index contributed by atoms with van der Waals surface area (Å²) in [6.07, 6.45) is -1.87. The molecular weight excluding hydrogens is 596 g/mol. The van der Waals surface area contributed by atoms with E-state index in [-0.39, 0.29) is 12.0 Å². The summed E-state index contributed by atoms with van der Waals surface area (Å²) < 4.78 is 38.4. The van der Waals surface area contributed by atoms with Gasteiger partial charge in [0.05, 0.1) is 12.7 Å². The fourth-order valence-corrected chi connectivity index (χ4v) is 12.2. The number of rotatable bonds is 9. The average Bonchev–Trinajstić information content (AvgIpc) is 3.72. The molecule has 1 saturated heterocycles. The summed E-state index contributed by atoms with van der Waals surface area (Å²) in [5, 5.41) is 0. The van der Waals surface area contributed by atoms with Gasteiger partial charge in [-0.2, -0.15) is 0 Å². The molecule has 0 radical (unpaired) electrons. The van der Waals surface area contributed by atoms with E-state index in [1.807, 2.05) is 20.8 Å². The van der Waals surface area contributed by atoms with Crippen molar-refractivity contribution < 1.29 is 47.3 Å². The van der Waals surface area contributed by atoms with Gasteiger partial charge >= 0.3 is 23.9 Å². The molecule has 0 N–H and O–H groups in total. The number of esters is 4. The van der Waals surface area contributed by atoms with Crippen molar-refractivity contribution in [1.82, 2.24) is 0 Å². The summed E-state index contributed by atoms with van der Waals surface area (Å²) in [5.41, 5.74) is -0.894. The van der Waals surface area contributed by atoms with E-state index in [9.17, 15) is 19.2 Å². The zero-order valence-corrected chi connectivity index (χ0v) is 30.1. The van der Waals surface area contributed by atoms with Crippen LogP contribution >= 0.6 is 0 Å². The van der Waals surface area contributed by atoms with Crippen molar-refractivity contribution in [3.05, 3.63) is 11.1 Å². The van der Waals surface area contributed by atoms with Gasteiger partial charge in [-0.25, -0.2) is 0 Å². The molecule has 0 aromatic rings. The summed E-state index contributed by atoms with van der Waals surface area (Å²) in [5.74, 6) is -2.74. The van der Waals surface area contributed by atoms with Crippen molar-refractivity contribution in [2.24, 2.45) is 22.7 Å². The SMILES string of the molecule is CC[Si](CC)(CC)O[C@H]1CC[C@@]2(C)[C@@H](OC(C)=O)[C@H](OC(C)=O)C3=C(C)[C@@H](OC(C)=O)C[C@@H]([C@@H](OC(C)=O)[C@@H]2[C@@]12CO2)C3(C)C. The van der Waals surface area contributed by atoms with Crippen LogP contribution in [-0.4, -0.2) is 74.9 Å². The van der Waals surface area contributed by atoms with Crippen LogP contribution in [0.4, 0.5) is 0 Å². The standard InChI is InChI=1S/C34H54O10Si/c1-12-45(13-2,14-3)44-26-15-16-33(11)30(34(26)18-39-34)28(41-21(6)36)24-17-25(40-20(5)35)19(4)27(32(24,9)10)29(42-22(7)37)31(33)43-23(8)38/h24-26,28-31H,12-18H2,1-11H3/t24-,25-,26-,28+,29+,30-,31-,33+,34+/m0/s1. The van der Waals surface area contributed by atoms with E-state index in [2.05, 4.69) is 27.7 Å². The molecule has 4 aliphatic rings. The van der Waals surface area contributed by atoms with Gasteiger partial charge in [0, 0.05) is 44.9 Å². The number of ether oxygens (including phenoxy) is 5. The van der Waals surface area contributed by atoms with Gasteiger partial charge in [0.2, 0.25) is 0 Å². The van der Waals surface area contributed by atoms with Crippen LogP contribution in [0.1, 0.15) is 95.4 Å². The van der Waals surface area contributed by atoms with E-state index < -0.39 is 79.0 Å². The third-order valence-corrected chi connectivity index (χ3v) is 16.3. The molecule has 1 aliphatic heterocycles. The van der Waals surface area contributed by atoms with Gasteiger partial charge in [-0.05, 0) is 60.9 Å². The minimum atomic E-state index is -2.09. The van der Waals surface area contributed by atoms with E-state index in [1.165, 1.54) is 27.7 Å². The summed E-state index contributed by atoms with van der Waals surface area (Å²) in [7, 11) is -2.09. The zero-order valence-electron chi connectivity index (χ0n) is 29.1. The van der Waals surface area contributed by atoms with Crippen molar-refractivity contribution >= 4 is 32.2 Å². The third-order valence-electron chi connectivity index (χ3n) is 11.7. The molecule has 0 aromatic carbocycles. The Balaban J connectivity index is 2.04. The van der Waals surface area contributed by atoms with Crippen LogP contribution in [0.5, 0.6) is 0 Å². The monoisotopic (exact) mass is 650 g/mol. The van der Waals surface area contributed by atoms with E-state index >= 15 is 0 Å². The first-order chi connectivity index (χ1) is 20.9. The highest BCUT2D eigenvalue weighted by molar-refractivity contribution is 6.73. The van der Waals surface area contributed by atoms with E-state index in [4.69, 9.17) is 28.1 Å². The first-order valence-electron chi connectivity index (χ1n) is 16.6. The molecule has 45 heavy (non-hydrogen) atoms. The number of carbonyl (C=O) groups is 4. The molecule has 10 nitrogen and oxygen atoms in total. The van der Waals surface area contributed by atoms with E-state index in [0.717, 1.165) is 29.3 Å². The second kappa shape index (κ2) is 12.8. The number of hydrogen-bond donors (Lipinski definition) is 0.